The molecule has 6 nitrogen and oxygen atoms in total. The highest BCUT2D eigenvalue weighted by Gasteiger charge is 2.07. The standard InChI is InChI=1S/C24H32N2O4/c1-29-23(27)21-15-13-19(17-25-21)11-9-7-5-3-4-6-8-10-12-20-14-16-22(26-18-20)24(28)30-2/h13-18H,3-12H2,1-2H3. The minimum absolute atomic E-state index is 0.357. The molecule has 0 saturated heterocycles. The molecule has 0 aliphatic carbocycles. The molecule has 0 N–H and O–H groups in total. The van der Waals surface area contributed by atoms with Gasteiger partial charge in [0.15, 0.2) is 0 Å². The monoisotopic (exact) mass is 412 g/mol. The molecule has 0 spiro atoms. The van der Waals surface area contributed by atoms with Gasteiger partial charge in [-0.2, -0.15) is 0 Å². The Bertz CT molecular complexity index is 705. The van der Waals surface area contributed by atoms with E-state index in [9.17, 15) is 9.59 Å². The molecule has 0 aliphatic rings. The molecular formula is C24H32N2O4. The molecule has 30 heavy (non-hydrogen) atoms. The first-order valence-electron chi connectivity index (χ1n) is 10.7. The minimum Gasteiger partial charge on any atom is -0.464 e. The van der Waals surface area contributed by atoms with E-state index in [0.717, 1.165) is 36.8 Å². The Kier molecular flexibility index (Phi) is 10.6. The van der Waals surface area contributed by atoms with Crippen molar-refractivity contribution >= 4 is 11.9 Å². The smallest absolute Gasteiger partial charge is 0.356 e. The SMILES string of the molecule is COC(=O)c1ccc(CCCCCCCCCCc2ccc(C(=O)OC)nc2)cn1. The zero-order valence-corrected chi connectivity index (χ0v) is 18.1. The molecule has 0 bridgehead atoms. The molecule has 0 aromatic carbocycles. The maximum atomic E-state index is 11.4. The van der Waals surface area contributed by atoms with Crippen LogP contribution in [0.3, 0.4) is 0 Å². The van der Waals surface area contributed by atoms with E-state index in [0.29, 0.717) is 11.4 Å². The van der Waals surface area contributed by atoms with Crippen LogP contribution in [0.2, 0.25) is 0 Å². The van der Waals surface area contributed by atoms with E-state index in [4.69, 9.17) is 0 Å². The number of pyridine rings is 2. The topological polar surface area (TPSA) is 78.4 Å². The number of esters is 2. The van der Waals surface area contributed by atoms with Crippen molar-refractivity contribution < 1.29 is 19.1 Å². The molecule has 0 atom stereocenters. The van der Waals surface area contributed by atoms with Crippen LogP contribution in [0.15, 0.2) is 36.7 Å². The second kappa shape index (κ2) is 13.5. The molecule has 0 radical (unpaired) electrons. The molecule has 2 aromatic heterocycles. The summed E-state index contributed by atoms with van der Waals surface area (Å²) in [5.41, 5.74) is 3.04. The van der Waals surface area contributed by atoms with Crippen molar-refractivity contribution in [1.29, 1.82) is 0 Å². The Labute approximate surface area is 179 Å². The average molecular weight is 413 g/mol. The van der Waals surface area contributed by atoms with Crippen LogP contribution in [0, 0.1) is 0 Å². The third kappa shape index (κ3) is 8.31. The summed E-state index contributed by atoms with van der Waals surface area (Å²) < 4.78 is 9.31. The maximum Gasteiger partial charge on any atom is 0.356 e. The summed E-state index contributed by atoms with van der Waals surface area (Å²) in [4.78, 5) is 31.0. The molecule has 0 aliphatic heterocycles. The number of hydrogen-bond acceptors (Lipinski definition) is 6. The molecule has 2 aromatic rings. The highest BCUT2D eigenvalue weighted by Crippen LogP contribution is 2.13. The molecular weight excluding hydrogens is 380 g/mol. The molecule has 2 rings (SSSR count). The Morgan fingerprint density at radius 1 is 0.633 bits per heavy atom. The molecule has 0 unspecified atom stereocenters. The van der Waals surface area contributed by atoms with Crippen molar-refractivity contribution in [3.63, 3.8) is 0 Å². The minimum atomic E-state index is -0.394. The fourth-order valence-corrected chi connectivity index (χ4v) is 3.31. The summed E-state index contributed by atoms with van der Waals surface area (Å²) in [5, 5.41) is 0. The Morgan fingerprint density at radius 2 is 1.00 bits per heavy atom. The molecule has 0 amide bonds. The number of ether oxygens (including phenoxy) is 2. The van der Waals surface area contributed by atoms with E-state index in [1.165, 1.54) is 52.7 Å². The number of unbranched alkanes of at least 4 members (excludes halogenated alkanes) is 7. The van der Waals surface area contributed by atoms with Gasteiger partial charge < -0.3 is 9.47 Å². The Morgan fingerprint density at radius 3 is 1.30 bits per heavy atom. The van der Waals surface area contributed by atoms with Gasteiger partial charge in [-0.05, 0) is 48.9 Å². The quantitative estimate of drug-likeness (QED) is 0.342. The van der Waals surface area contributed by atoms with Crippen LogP contribution in [0.5, 0.6) is 0 Å². The Balaban J connectivity index is 1.46. The third-order valence-electron chi connectivity index (χ3n) is 5.12. The van der Waals surface area contributed by atoms with Gasteiger partial charge in [0.2, 0.25) is 0 Å². The molecule has 0 fully saturated rings. The lowest BCUT2D eigenvalue weighted by Crippen LogP contribution is -2.04. The van der Waals surface area contributed by atoms with E-state index in [-0.39, 0.29) is 0 Å². The first kappa shape index (κ1) is 23.5. The van der Waals surface area contributed by atoms with Gasteiger partial charge in [-0.15, -0.1) is 0 Å². The van der Waals surface area contributed by atoms with E-state index in [2.05, 4.69) is 19.4 Å². The van der Waals surface area contributed by atoms with Crippen molar-refractivity contribution in [2.45, 2.75) is 64.2 Å². The van der Waals surface area contributed by atoms with Gasteiger partial charge in [-0.25, -0.2) is 19.6 Å². The number of hydrogen-bond donors (Lipinski definition) is 0. The zero-order chi connectivity index (χ0) is 21.6. The van der Waals surface area contributed by atoms with Crippen molar-refractivity contribution in [3.05, 3.63) is 59.2 Å². The summed E-state index contributed by atoms with van der Waals surface area (Å²) in [7, 11) is 2.73. The number of methoxy groups -OCH3 is 2. The van der Waals surface area contributed by atoms with E-state index in [1.807, 2.05) is 12.1 Å². The summed E-state index contributed by atoms with van der Waals surface area (Å²) >= 11 is 0. The fraction of sp³-hybridized carbons (Fsp3) is 0.500. The Hall–Kier alpha value is -2.76. The van der Waals surface area contributed by atoms with Gasteiger partial charge in [0, 0.05) is 12.4 Å². The van der Waals surface area contributed by atoms with Gasteiger partial charge in [-0.3, -0.25) is 0 Å². The second-order valence-corrected chi connectivity index (χ2v) is 7.41. The lowest BCUT2D eigenvalue weighted by Gasteiger charge is -2.04. The summed E-state index contributed by atoms with van der Waals surface area (Å²) in [5.74, 6) is -0.788. The third-order valence-corrected chi connectivity index (χ3v) is 5.12. The highest BCUT2D eigenvalue weighted by atomic mass is 16.5. The predicted molar refractivity (Wildman–Crippen MR) is 115 cm³/mol. The van der Waals surface area contributed by atoms with Gasteiger partial charge in [0.05, 0.1) is 14.2 Å². The largest absolute Gasteiger partial charge is 0.464 e. The van der Waals surface area contributed by atoms with Crippen LogP contribution in [-0.4, -0.2) is 36.1 Å². The van der Waals surface area contributed by atoms with Crippen LogP contribution >= 0.6 is 0 Å². The highest BCUT2D eigenvalue weighted by molar-refractivity contribution is 5.87. The van der Waals surface area contributed by atoms with Crippen LogP contribution in [0.4, 0.5) is 0 Å². The average Bonchev–Trinajstić information content (AvgIpc) is 2.80. The summed E-state index contributed by atoms with van der Waals surface area (Å²) in [6.45, 7) is 0. The number of aryl methyl sites for hydroxylation is 2. The maximum absolute atomic E-state index is 11.4. The van der Waals surface area contributed by atoms with Crippen LogP contribution in [0.25, 0.3) is 0 Å². The first-order chi connectivity index (χ1) is 14.6. The van der Waals surface area contributed by atoms with E-state index < -0.39 is 11.9 Å². The number of aromatic nitrogens is 2. The predicted octanol–water partition coefficient (Wildman–Crippen LogP) is 4.96. The van der Waals surface area contributed by atoms with Crippen LogP contribution < -0.4 is 0 Å². The molecule has 0 saturated carbocycles. The lowest BCUT2D eigenvalue weighted by molar-refractivity contribution is 0.0585. The first-order valence-corrected chi connectivity index (χ1v) is 10.7. The summed E-state index contributed by atoms with van der Waals surface area (Å²) in [6.07, 6.45) is 15.3. The lowest BCUT2D eigenvalue weighted by atomic mass is 10.0. The number of nitrogens with zero attached hydrogens (tertiary/aromatic N) is 2. The summed E-state index contributed by atoms with van der Waals surface area (Å²) in [6, 6.07) is 7.37. The van der Waals surface area contributed by atoms with Crippen molar-refractivity contribution in [2.75, 3.05) is 14.2 Å². The van der Waals surface area contributed by atoms with Crippen LogP contribution in [-0.2, 0) is 22.3 Å². The van der Waals surface area contributed by atoms with Crippen molar-refractivity contribution in [3.8, 4) is 0 Å². The van der Waals surface area contributed by atoms with Gasteiger partial charge in [-0.1, -0.05) is 50.7 Å². The normalized spacial score (nSPS) is 10.6. The van der Waals surface area contributed by atoms with Gasteiger partial charge in [0.25, 0.3) is 0 Å². The fourth-order valence-electron chi connectivity index (χ4n) is 3.31. The molecule has 6 heteroatoms. The van der Waals surface area contributed by atoms with E-state index in [1.54, 1.807) is 24.5 Å². The zero-order valence-electron chi connectivity index (χ0n) is 18.1. The number of rotatable bonds is 13. The number of carbonyl (C=O) groups excluding carboxylic acids is 2. The van der Waals surface area contributed by atoms with Crippen molar-refractivity contribution in [2.24, 2.45) is 0 Å². The van der Waals surface area contributed by atoms with Crippen LogP contribution in [0.1, 0.15) is 83.5 Å². The van der Waals surface area contributed by atoms with E-state index >= 15 is 0 Å². The van der Waals surface area contributed by atoms with Gasteiger partial charge >= 0.3 is 11.9 Å². The van der Waals surface area contributed by atoms with Crippen molar-refractivity contribution in [1.82, 2.24) is 9.97 Å². The second-order valence-electron chi connectivity index (χ2n) is 7.41. The molecule has 2 heterocycles. The molecule has 162 valence electrons. The van der Waals surface area contributed by atoms with Gasteiger partial charge in [0.1, 0.15) is 11.4 Å². The number of carbonyl (C=O) groups is 2.